The molecule has 114 valence electrons. The van der Waals surface area contributed by atoms with Crippen LogP contribution in [0.25, 0.3) is 0 Å². The molecule has 2 N–H and O–H groups in total. The predicted molar refractivity (Wildman–Crippen MR) is 81.1 cm³/mol. The van der Waals surface area contributed by atoms with E-state index in [4.69, 9.17) is 9.47 Å². The van der Waals surface area contributed by atoms with Gasteiger partial charge in [-0.25, -0.2) is 0 Å². The van der Waals surface area contributed by atoms with Crippen molar-refractivity contribution in [2.24, 2.45) is 0 Å². The molecule has 20 heavy (non-hydrogen) atoms. The number of hydrogen-bond acceptors (Lipinski definition) is 4. The van der Waals surface area contributed by atoms with Gasteiger partial charge in [0.05, 0.1) is 19.3 Å². The highest BCUT2D eigenvalue weighted by Crippen LogP contribution is 2.12. The van der Waals surface area contributed by atoms with Gasteiger partial charge in [0.2, 0.25) is 0 Å². The summed E-state index contributed by atoms with van der Waals surface area (Å²) in [6.07, 6.45) is 2.55. The fourth-order valence-corrected chi connectivity index (χ4v) is 1.82. The number of ether oxygens (including phenoxy) is 2. The fraction of sp³-hybridized carbons (Fsp3) is 0.625. The van der Waals surface area contributed by atoms with Crippen LogP contribution in [0.3, 0.4) is 0 Å². The van der Waals surface area contributed by atoms with Crippen molar-refractivity contribution in [3.8, 4) is 5.75 Å². The molecule has 0 aliphatic heterocycles. The number of hydrogen-bond donors (Lipinski definition) is 2. The Kier molecular flexibility index (Phi) is 9.04. The van der Waals surface area contributed by atoms with Gasteiger partial charge in [0.15, 0.2) is 0 Å². The molecule has 0 saturated heterocycles. The van der Waals surface area contributed by atoms with Crippen LogP contribution in [0.4, 0.5) is 0 Å². The van der Waals surface area contributed by atoms with Crippen LogP contribution >= 0.6 is 0 Å². The van der Waals surface area contributed by atoms with Crippen LogP contribution in [0.2, 0.25) is 0 Å². The predicted octanol–water partition coefficient (Wildman–Crippen LogP) is 2.35. The summed E-state index contributed by atoms with van der Waals surface area (Å²) in [5, 5.41) is 12.8. The minimum absolute atomic E-state index is 0.387. The summed E-state index contributed by atoms with van der Waals surface area (Å²) in [4.78, 5) is 0. The van der Waals surface area contributed by atoms with Crippen molar-refractivity contribution in [1.29, 1.82) is 0 Å². The third-order valence-corrected chi connectivity index (χ3v) is 3.03. The molecule has 0 fully saturated rings. The molecule has 0 radical (unpaired) electrons. The quantitative estimate of drug-likeness (QED) is 0.611. The first kappa shape index (κ1) is 17.0. The summed E-state index contributed by atoms with van der Waals surface area (Å²) in [5.74, 6) is 0.928. The van der Waals surface area contributed by atoms with E-state index in [0.717, 1.165) is 38.3 Å². The van der Waals surface area contributed by atoms with Gasteiger partial charge in [0, 0.05) is 13.7 Å². The second-order valence-electron chi connectivity index (χ2n) is 4.92. The molecule has 0 aliphatic carbocycles. The molecule has 1 aromatic rings. The number of benzene rings is 1. The van der Waals surface area contributed by atoms with Crippen molar-refractivity contribution in [3.63, 3.8) is 0 Å². The molecule has 1 atom stereocenters. The van der Waals surface area contributed by atoms with E-state index < -0.39 is 0 Å². The van der Waals surface area contributed by atoms with Gasteiger partial charge >= 0.3 is 0 Å². The lowest BCUT2D eigenvalue weighted by molar-refractivity contribution is 0.0594. The molecule has 1 unspecified atom stereocenters. The van der Waals surface area contributed by atoms with Gasteiger partial charge in [-0.3, -0.25) is 0 Å². The number of unbranched alkanes of at least 4 members (excludes halogenated alkanes) is 1. The van der Waals surface area contributed by atoms with Gasteiger partial charge in [0.1, 0.15) is 5.75 Å². The Morgan fingerprint density at radius 2 is 2.00 bits per heavy atom. The van der Waals surface area contributed by atoms with Gasteiger partial charge in [-0.2, -0.15) is 0 Å². The highest BCUT2D eigenvalue weighted by atomic mass is 16.5. The molecule has 1 aromatic carbocycles. The van der Waals surface area contributed by atoms with E-state index in [1.807, 2.05) is 12.1 Å². The molecule has 0 heterocycles. The topological polar surface area (TPSA) is 50.7 Å². The second-order valence-corrected chi connectivity index (χ2v) is 4.92. The minimum atomic E-state index is -0.387. The lowest BCUT2D eigenvalue weighted by Crippen LogP contribution is -2.22. The number of nitrogens with one attached hydrogen (secondary N) is 1. The third kappa shape index (κ3) is 7.48. The standard InChI is InChI=1S/C16H27NO3/c1-3-4-11-20-16-7-5-14(6-8-16)12-17-10-9-15(18)13-19-2/h5-8,15,17-18H,3-4,9-13H2,1-2H3. The molecule has 0 aromatic heterocycles. The zero-order chi connectivity index (χ0) is 14.6. The second kappa shape index (κ2) is 10.7. The van der Waals surface area contributed by atoms with Crippen LogP contribution in [0.5, 0.6) is 5.75 Å². The highest BCUT2D eigenvalue weighted by molar-refractivity contribution is 5.27. The Hall–Kier alpha value is -1.10. The number of methoxy groups -OCH3 is 1. The van der Waals surface area contributed by atoms with E-state index in [9.17, 15) is 5.11 Å². The van der Waals surface area contributed by atoms with Gasteiger partial charge in [-0.1, -0.05) is 25.5 Å². The average molecular weight is 281 g/mol. The zero-order valence-corrected chi connectivity index (χ0v) is 12.6. The van der Waals surface area contributed by atoms with Crippen molar-refractivity contribution in [1.82, 2.24) is 5.32 Å². The summed E-state index contributed by atoms with van der Waals surface area (Å²) in [6, 6.07) is 8.15. The van der Waals surface area contributed by atoms with Crippen LogP contribution in [0, 0.1) is 0 Å². The van der Waals surface area contributed by atoms with E-state index >= 15 is 0 Å². The third-order valence-electron chi connectivity index (χ3n) is 3.03. The minimum Gasteiger partial charge on any atom is -0.494 e. The highest BCUT2D eigenvalue weighted by Gasteiger charge is 2.02. The number of aliphatic hydroxyl groups excluding tert-OH is 1. The largest absolute Gasteiger partial charge is 0.494 e. The molecule has 0 spiro atoms. The Bertz CT molecular complexity index is 340. The van der Waals surface area contributed by atoms with E-state index in [1.165, 1.54) is 5.56 Å². The van der Waals surface area contributed by atoms with Crippen molar-refractivity contribution in [2.45, 2.75) is 38.8 Å². The van der Waals surface area contributed by atoms with Crippen LogP contribution in [-0.4, -0.2) is 38.1 Å². The first-order valence-electron chi connectivity index (χ1n) is 7.35. The summed E-state index contributed by atoms with van der Waals surface area (Å²) in [6.45, 7) is 4.91. The van der Waals surface area contributed by atoms with E-state index in [1.54, 1.807) is 7.11 Å². The normalized spacial score (nSPS) is 12.3. The first-order valence-corrected chi connectivity index (χ1v) is 7.35. The lowest BCUT2D eigenvalue weighted by Gasteiger charge is -2.10. The van der Waals surface area contributed by atoms with E-state index in [0.29, 0.717) is 13.0 Å². The van der Waals surface area contributed by atoms with Crippen LogP contribution < -0.4 is 10.1 Å². The molecule has 0 bridgehead atoms. The van der Waals surface area contributed by atoms with E-state index in [-0.39, 0.29) is 6.10 Å². The molecule has 4 heteroatoms. The number of aliphatic hydroxyl groups is 1. The van der Waals surface area contributed by atoms with Crippen LogP contribution in [0.1, 0.15) is 31.7 Å². The van der Waals surface area contributed by atoms with E-state index in [2.05, 4.69) is 24.4 Å². The molecule has 1 rings (SSSR count). The van der Waals surface area contributed by atoms with Crippen molar-refractivity contribution < 1.29 is 14.6 Å². The number of rotatable bonds is 11. The van der Waals surface area contributed by atoms with Gasteiger partial charge in [-0.05, 0) is 37.1 Å². The summed E-state index contributed by atoms with van der Waals surface area (Å²) in [5.41, 5.74) is 1.22. The average Bonchev–Trinajstić information content (AvgIpc) is 2.46. The Labute approximate surface area is 122 Å². The lowest BCUT2D eigenvalue weighted by atomic mass is 10.2. The SMILES string of the molecule is CCCCOc1ccc(CNCCC(O)COC)cc1. The molecule has 4 nitrogen and oxygen atoms in total. The van der Waals surface area contributed by atoms with Crippen LogP contribution in [-0.2, 0) is 11.3 Å². The Morgan fingerprint density at radius 1 is 1.25 bits per heavy atom. The smallest absolute Gasteiger partial charge is 0.119 e. The van der Waals surface area contributed by atoms with Crippen molar-refractivity contribution in [2.75, 3.05) is 26.9 Å². The zero-order valence-electron chi connectivity index (χ0n) is 12.6. The molecule has 0 aliphatic rings. The van der Waals surface area contributed by atoms with Crippen molar-refractivity contribution in [3.05, 3.63) is 29.8 Å². The first-order chi connectivity index (χ1) is 9.76. The van der Waals surface area contributed by atoms with Gasteiger partial charge in [-0.15, -0.1) is 0 Å². The molecular weight excluding hydrogens is 254 g/mol. The fourth-order valence-electron chi connectivity index (χ4n) is 1.82. The molecule has 0 amide bonds. The summed E-state index contributed by atoms with van der Waals surface area (Å²) < 4.78 is 10.5. The Morgan fingerprint density at radius 3 is 2.65 bits per heavy atom. The summed E-state index contributed by atoms with van der Waals surface area (Å²) >= 11 is 0. The Balaban J connectivity index is 2.17. The van der Waals surface area contributed by atoms with Crippen LogP contribution in [0.15, 0.2) is 24.3 Å². The molecule has 0 saturated carbocycles. The maximum atomic E-state index is 9.50. The van der Waals surface area contributed by atoms with Crippen molar-refractivity contribution >= 4 is 0 Å². The maximum Gasteiger partial charge on any atom is 0.119 e. The molecular formula is C16H27NO3. The van der Waals surface area contributed by atoms with Gasteiger partial charge in [0.25, 0.3) is 0 Å². The maximum absolute atomic E-state index is 9.50. The monoisotopic (exact) mass is 281 g/mol. The summed E-state index contributed by atoms with van der Waals surface area (Å²) in [7, 11) is 1.60. The van der Waals surface area contributed by atoms with Gasteiger partial charge < -0.3 is 19.9 Å².